The molecule has 2 aromatic rings. The summed E-state index contributed by atoms with van der Waals surface area (Å²) in [7, 11) is 1.58. The predicted octanol–water partition coefficient (Wildman–Crippen LogP) is 5.78. The lowest BCUT2D eigenvalue weighted by Crippen LogP contribution is -2.54. The summed E-state index contributed by atoms with van der Waals surface area (Å²) < 4.78 is 10.7. The fraction of sp³-hybridized carbons (Fsp3) is 0.500. The van der Waals surface area contributed by atoms with Gasteiger partial charge in [0.1, 0.15) is 23.4 Å². The Labute approximate surface area is 227 Å². The minimum atomic E-state index is -0.915. The van der Waals surface area contributed by atoms with Crippen LogP contribution in [-0.4, -0.2) is 48.1 Å². The summed E-state index contributed by atoms with van der Waals surface area (Å²) in [4.78, 5) is 42.1. The second-order valence-corrected chi connectivity index (χ2v) is 10.6. The van der Waals surface area contributed by atoms with E-state index in [0.29, 0.717) is 17.9 Å². The fourth-order valence-corrected chi connectivity index (χ4v) is 4.23. The van der Waals surface area contributed by atoms with Crippen molar-refractivity contribution >= 4 is 23.6 Å². The summed E-state index contributed by atoms with van der Waals surface area (Å²) in [5.41, 5.74) is 2.54. The predicted molar refractivity (Wildman–Crippen MR) is 150 cm³/mol. The van der Waals surface area contributed by atoms with E-state index in [2.05, 4.69) is 10.6 Å². The number of hydrogen-bond donors (Lipinski definition) is 2. The first-order valence-electron chi connectivity index (χ1n) is 13.1. The van der Waals surface area contributed by atoms with E-state index in [9.17, 15) is 14.4 Å². The van der Waals surface area contributed by atoms with Crippen LogP contribution in [0.3, 0.4) is 0 Å². The van der Waals surface area contributed by atoms with Gasteiger partial charge in [-0.3, -0.25) is 9.59 Å². The summed E-state index contributed by atoms with van der Waals surface area (Å²) in [5, 5.41) is 5.73. The van der Waals surface area contributed by atoms with Crippen molar-refractivity contribution in [1.82, 2.24) is 10.2 Å². The number of aryl methyl sites for hydroxylation is 2. The van der Waals surface area contributed by atoms with Gasteiger partial charge in [-0.05, 0) is 82.9 Å². The van der Waals surface area contributed by atoms with Crippen LogP contribution in [0.1, 0.15) is 70.7 Å². The largest absolute Gasteiger partial charge is 0.497 e. The van der Waals surface area contributed by atoms with Crippen molar-refractivity contribution in [2.75, 3.05) is 19.0 Å². The van der Waals surface area contributed by atoms with Crippen LogP contribution in [-0.2, 0) is 14.3 Å². The molecule has 3 amide bonds. The monoisotopic (exact) mass is 525 g/mol. The van der Waals surface area contributed by atoms with Crippen LogP contribution >= 0.6 is 0 Å². The lowest BCUT2D eigenvalue weighted by Gasteiger charge is -2.36. The average molecular weight is 526 g/mol. The number of nitrogens with one attached hydrogen (secondary N) is 2. The Balaban J connectivity index is 2.50. The van der Waals surface area contributed by atoms with Crippen molar-refractivity contribution in [2.45, 2.75) is 79.5 Å². The zero-order valence-corrected chi connectivity index (χ0v) is 24.2. The summed E-state index contributed by atoms with van der Waals surface area (Å²) in [6.07, 6.45) is -0.0197. The van der Waals surface area contributed by atoms with Gasteiger partial charge in [0.15, 0.2) is 0 Å². The van der Waals surface area contributed by atoms with Gasteiger partial charge in [-0.25, -0.2) is 4.79 Å². The van der Waals surface area contributed by atoms with Crippen LogP contribution in [0.2, 0.25) is 0 Å². The minimum absolute atomic E-state index is 0.187. The zero-order valence-electron chi connectivity index (χ0n) is 24.2. The number of rotatable bonds is 10. The molecule has 208 valence electrons. The van der Waals surface area contributed by atoms with Gasteiger partial charge in [0.05, 0.1) is 7.11 Å². The first-order valence-corrected chi connectivity index (χ1v) is 13.1. The number of methoxy groups -OCH3 is 1. The van der Waals surface area contributed by atoms with E-state index < -0.39 is 23.8 Å². The number of alkyl carbamates (subject to hydrolysis) is 1. The molecule has 0 aromatic heterocycles. The molecule has 0 saturated carbocycles. The second kappa shape index (κ2) is 13.3. The summed E-state index contributed by atoms with van der Waals surface area (Å²) in [6.45, 7) is 15.2. The van der Waals surface area contributed by atoms with E-state index in [1.54, 1.807) is 52.1 Å². The maximum Gasteiger partial charge on any atom is 0.408 e. The molecule has 2 aromatic carbocycles. The van der Waals surface area contributed by atoms with Crippen molar-refractivity contribution in [2.24, 2.45) is 5.92 Å². The Bertz CT molecular complexity index is 1110. The van der Waals surface area contributed by atoms with Gasteiger partial charge < -0.3 is 25.0 Å². The number of carbonyl (C=O) groups is 3. The molecule has 0 heterocycles. The molecule has 3 atom stereocenters. The molecule has 3 unspecified atom stereocenters. The van der Waals surface area contributed by atoms with Gasteiger partial charge in [-0.2, -0.15) is 0 Å². The number of likely N-dealkylation sites (N-methyl/N-ethyl adjacent to an activating group) is 1. The third-order valence-electron chi connectivity index (χ3n) is 6.41. The van der Waals surface area contributed by atoms with Crippen LogP contribution in [0, 0.1) is 19.8 Å². The molecule has 0 spiro atoms. The molecule has 0 fully saturated rings. The Morgan fingerprint density at radius 2 is 1.63 bits per heavy atom. The number of benzene rings is 2. The molecule has 2 N–H and O–H groups in total. The first-order chi connectivity index (χ1) is 17.8. The molecule has 0 radical (unpaired) electrons. The van der Waals surface area contributed by atoms with Crippen molar-refractivity contribution in [3.63, 3.8) is 0 Å². The van der Waals surface area contributed by atoms with E-state index >= 15 is 0 Å². The SMILES string of the molecule is CCC(C)C(NC(=O)OC(C)(C)C)C(=O)N(CC)C(C(=O)Nc1ccc(OC)cc1)c1ccc(C)cc1C. The summed E-state index contributed by atoms with van der Waals surface area (Å²) in [6, 6.07) is 11.0. The smallest absolute Gasteiger partial charge is 0.408 e. The highest BCUT2D eigenvalue weighted by Gasteiger charge is 2.38. The summed E-state index contributed by atoms with van der Waals surface area (Å²) >= 11 is 0. The van der Waals surface area contributed by atoms with Crippen molar-refractivity contribution < 1.29 is 23.9 Å². The highest BCUT2D eigenvalue weighted by Crippen LogP contribution is 2.29. The second-order valence-electron chi connectivity index (χ2n) is 10.6. The maximum atomic E-state index is 14.1. The van der Waals surface area contributed by atoms with Gasteiger partial charge >= 0.3 is 6.09 Å². The van der Waals surface area contributed by atoms with E-state index in [1.165, 1.54) is 4.90 Å². The molecular weight excluding hydrogens is 482 g/mol. The number of carbonyl (C=O) groups excluding carboxylic acids is 3. The highest BCUT2D eigenvalue weighted by molar-refractivity contribution is 5.99. The normalized spacial score (nSPS) is 13.6. The summed E-state index contributed by atoms with van der Waals surface area (Å²) in [5.74, 6) is -0.211. The Hall–Kier alpha value is -3.55. The molecule has 8 nitrogen and oxygen atoms in total. The van der Waals surface area contributed by atoms with Gasteiger partial charge in [-0.15, -0.1) is 0 Å². The lowest BCUT2D eigenvalue weighted by molar-refractivity contribution is -0.141. The maximum absolute atomic E-state index is 14.1. The van der Waals surface area contributed by atoms with Gasteiger partial charge in [0.2, 0.25) is 5.91 Å². The Morgan fingerprint density at radius 3 is 2.13 bits per heavy atom. The molecular formula is C30H43N3O5. The average Bonchev–Trinajstić information content (AvgIpc) is 2.85. The van der Waals surface area contributed by atoms with Gasteiger partial charge in [0, 0.05) is 12.2 Å². The molecule has 0 aliphatic rings. The molecule has 38 heavy (non-hydrogen) atoms. The fourth-order valence-electron chi connectivity index (χ4n) is 4.23. The van der Waals surface area contributed by atoms with Crippen LogP contribution in [0.4, 0.5) is 10.5 Å². The van der Waals surface area contributed by atoms with E-state index in [4.69, 9.17) is 9.47 Å². The van der Waals surface area contributed by atoms with Crippen molar-refractivity contribution in [3.05, 3.63) is 59.2 Å². The quantitative estimate of drug-likeness (QED) is 0.410. The Kier molecular flexibility index (Phi) is 10.7. The van der Waals surface area contributed by atoms with Crippen LogP contribution in [0.15, 0.2) is 42.5 Å². The molecule has 2 rings (SSSR count). The molecule has 0 bridgehead atoms. The number of nitrogens with zero attached hydrogens (tertiary/aromatic N) is 1. The molecule has 0 aliphatic heterocycles. The van der Waals surface area contributed by atoms with Crippen LogP contribution in [0.25, 0.3) is 0 Å². The van der Waals surface area contributed by atoms with Gasteiger partial charge in [0.25, 0.3) is 5.91 Å². The third kappa shape index (κ3) is 8.23. The van der Waals surface area contributed by atoms with E-state index in [0.717, 1.165) is 16.7 Å². The minimum Gasteiger partial charge on any atom is -0.497 e. The van der Waals surface area contributed by atoms with Crippen LogP contribution < -0.4 is 15.4 Å². The lowest BCUT2D eigenvalue weighted by atomic mass is 9.93. The van der Waals surface area contributed by atoms with E-state index in [1.807, 2.05) is 52.8 Å². The van der Waals surface area contributed by atoms with Crippen molar-refractivity contribution in [1.29, 1.82) is 0 Å². The number of hydrogen-bond acceptors (Lipinski definition) is 5. The third-order valence-corrected chi connectivity index (χ3v) is 6.41. The molecule has 0 aliphatic carbocycles. The zero-order chi connectivity index (χ0) is 28.6. The number of anilines is 1. The van der Waals surface area contributed by atoms with Gasteiger partial charge in [-0.1, -0.05) is 44.0 Å². The highest BCUT2D eigenvalue weighted by atomic mass is 16.6. The molecule has 0 saturated heterocycles. The number of ether oxygens (including phenoxy) is 2. The van der Waals surface area contributed by atoms with Crippen molar-refractivity contribution in [3.8, 4) is 5.75 Å². The van der Waals surface area contributed by atoms with E-state index in [-0.39, 0.29) is 24.3 Å². The topological polar surface area (TPSA) is 97.0 Å². The number of amides is 3. The standard InChI is InChI=1S/C30H43N3O5/c1-10-20(4)25(32-29(36)38-30(6,7)8)28(35)33(11-2)26(24-17-12-19(3)18-21(24)5)27(34)31-22-13-15-23(37-9)16-14-22/h12-18,20,25-26H,10-11H2,1-9H3,(H,31,34)(H,32,36). The molecule has 8 heteroatoms. The van der Waals surface area contributed by atoms with Crippen LogP contribution in [0.5, 0.6) is 5.75 Å². The first kappa shape index (κ1) is 30.7. The Morgan fingerprint density at radius 1 is 1.00 bits per heavy atom.